The number of nitrogens with two attached hydrogens (primary N) is 1. The molecule has 4 aromatic rings. The lowest BCUT2D eigenvalue weighted by Crippen LogP contribution is -2.21. The molecule has 2 amide bonds. The predicted molar refractivity (Wildman–Crippen MR) is 126 cm³/mol. The molecule has 0 atom stereocenters. The fraction of sp³-hybridized carbons (Fsp3) is 0.182. The molecule has 0 aliphatic rings. The van der Waals surface area contributed by atoms with Crippen molar-refractivity contribution in [2.45, 2.75) is 26.6 Å². The monoisotopic (exact) mass is 518 g/mol. The van der Waals surface area contributed by atoms with Gasteiger partial charge in [-0.05, 0) is 31.0 Å². The van der Waals surface area contributed by atoms with Crippen LogP contribution < -0.4 is 11.1 Å². The summed E-state index contributed by atoms with van der Waals surface area (Å²) in [5.74, 6) is -1.70. The standard InChI is InChI=1S/C22H17F3N6O4S/c1-10-3-5-12(6-4-10)13-7-15(22(23,24)25)27-21-17(13)18(19(36-21)20(26)33)28-16(32)9-30-8-14(31(34)35)11(2)29-30/h3-8H,9H2,1-2H3,(H2,26,33)(H,28,32). The first-order valence-corrected chi connectivity index (χ1v) is 11.1. The zero-order valence-corrected chi connectivity index (χ0v) is 19.5. The third-order valence-corrected chi connectivity index (χ3v) is 6.32. The van der Waals surface area contributed by atoms with E-state index in [1.165, 1.54) is 6.92 Å². The number of benzene rings is 1. The highest BCUT2D eigenvalue weighted by atomic mass is 32.1. The van der Waals surface area contributed by atoms with E-state index in [2.05, 4.69) is 15.4 Å². The Morgan fingerprint density at radius 1 is 1.22 bits per heavy atom. The molecule has 36 heavy (non-hydrogen) atoms. The Balaban J connectivity index is 1.85. The number of anilines is 1. The number of thiophene rings is 1. The molecule has 0 saturated heterocycles. The summed E-state index contributed by atoms with van der Waals surface area (Å²) in [7, 11) is 0. The number of carbonyl (C=O) groups is 2. The van der Waals surface area contributed by atoms with E-state index in [0.29, 0.717) is 16.9 Å². The number of primary amides is 1. The minimum Gasteiger partial charge on any atom is -0.365 e. The van der Waals surface area contributed by atoms with Crippen molar-refractivity contribution < 1.29 is 27.7 Å². The molecular formula is C22H17F3N6O4S. The van der Waals surface area contributed by atoms with E-state index in [-0.39, 0.29) is 37.7 Å². The Bertz CT molecular complexity index is 1530. The lowest BCUT2D eigenvalue weighted by atomic mass is 10.00. The van der Waals surface area contributed by atoms with Gasteiger partial charge in [-0.25, -0.2) is 4.98 Å². The van der Waals surface area contributed by atoms with Crippen molar-refractivity contribution in [1.82, 2.24) is 14.8 Å². The van der Waals surface area contributed by atoms with Crippen molar-refractivity contribution in [3.8, 4) is 11.1 Å². The number of carbonyl (C=O) groups excluding carboxylic acids is 2. The topological polar surface area (TPSA) is 146 Å². The second-order valence-corrected chi connectivity index (χ2v) is 8.87. The second-order valence-electron chi connectivity index (χ2n) is 7.87. The summed E-state index contributed by atoms with van der Waals surface area (Å²) < 4.78 is 41.9. The number of hydrogen-bond acceptors (Lipinski definition) is 7. The number of fused-ring (bicyclic) bond motifs is 1. The molecule has 0 radical (unpaired) electrons. The third-order valence-electron chi connectivity index (χ3n) is 5.23. The maximum atomic E-state index is 13.6. The number of hydrogen-bond donors (Lipinski definition) is 2. The number of alkyl halides is 3. The number of rotatable bonds is 6. The molecule has 3 aromatic heterocycles. The predicted octanol–water partition coefficient (Wildman–Crippen LogP) is 4.44. The molecule has 0 bridgehead atoms. The van der Waals surface area contributed by atoms with Crippen LogP contribution in [-0.4, -0.2) is 31.5 Å². The minimum absolute atomic E-state index is 0.0944. The van der Waals surface area contributed by atoms with Crippen LogP contribution in [0.15, 0.2) is 36.5 Å². The number of nitrogens with zero attached hydrogens (tertiary/aromatic N) is 4. The number of pyridine rings is 1. The van der Waals surface area contributed by atoms with Gasteiger partial charge < -0.3 is 11.1 Å². The Morgan fingerprint density at radius 2 is 1.89 bits per heavy atom. The highest BCUT2D eigenvalue weighted by Gasteiger charge is 2.35. The highest BCUT2D eigenvalue weighted by molar-refractivity contribution is 7.21. The summed E-state index contributed by atoms with van der Waals surface area (Å²) >= 11 is 0.621. The van der Waals surface area contributed by atoms with Crippen LogP contribution in [0.2, 0.25) is 0 Å². The van der Waals surface area contributed by atoms with Gasteiger partial charge in [0.15, 0.2) is 0 Å². The number of aromatic nitrogens is 3. The average molecular weight is 518 g/mol. The largest absolute Gasteiger partial charge is 0.433 e. The number of nitro groups is 1. The fourth-order valence-electron chi connectivity index (χ4n) is 3.59. The quantitative estimate of drug-likeness (QED) is 0.285. The molecule has 4 rings (SSSR count). The molecule has 0 unspecified atom stereocenters. The van der Waals surface area contributed by atoms with Gasteiger partial charge in [-0.15, -0.1) is 11.3 Å². The molecule has 1 aromatic carbocycles. The van der Waals surface area contributed by atoms with E-state index in [4.69, 9.17) is 5.73 Å². The van der Waals surface area contributed by atoms with E-state index in [1.54, 1.807) is 24.3 Å². The van der Waals surface area contributed by atoms with Crippen LogP contribution in [0, 0.1) is 24.0 Å². The molecule has 186 valence electrons. The number of amides is 2. The van der Waals surface area contributed by atoms with Gasteiger partial charge in [0.2, 0.25) is 5.91 Å². The van der Waals surface area contributed by atoms with Gasteiger partial charge in [-0.2, -0.15) is 18.3 Å². The number of aryl methyl sites for hydroxylation is 2. The van der Waals surface area contributed by atoms with Gasteiger partial charge in [0.05, 0.1) is 10.6 Å². The summed E-state index contributed by atoms with van der Waals surface area (Å²) in [5, 5.41) is 17.6. The van der Waals surface area contributed by atoms with Crippen molar-refractivity contribution in [3.05, 3.63) is 68.5 Å². The Labute approximate surface area is 204 Å². The third kappa shape index (κ3) is 4.75. The maximum absolute atomic E-state index is 13.6. The first-order chi connectivity index (χ1) is 16.8. The molecule has 3 heterocycles. The van der Waals surface area contributed by atoms with Gasteiger partial charge in [-0.3, -0.25) is 24.4 Å². The number of halogens is 3. The molecule has 10 nitrogen and oxygen atoms in total. The van der Waals surface area contributed by atoms with Crippen LogP contribution in [0.3, 0.4) is 0 Å². The van der Waals surface area contributed by atoms with Crippen molar-refractivity contribution in [1.29, 1.82) is 0 Å². The second kappa shape index (κ2) is 9.03. The zero-order valence-electron chi connectivity index (χ0n) is 18.7. The van der Waals surface area contributed by atoms with Crippen molar-refractivity contribution in [2.75, 3.05) is 5.32 Å². The van der Waals surface area contributed by atoms with Crippen LogP contribution in [-0.2, 0) is 17.5 Å². The van der Waals surface area contributed by atoms with E-state index in [1.807, 2.05) is 6.92 Å². The molecule has 3 N–H and O–H groups in total. The number of nitrogens with one attached hydrogen (secondary N) is 1. The smallest absolute Gasteiger partial charge is 0.365 e. The lowest BCUT2D eigenvalue weighted by Gasteiger charge is -2.12. The maximum Gasteiger partial charge on any atom is 0.433 e. The summed E-state index contributed by atoms with van der Waals surface area (Å²) in [5.41, 5.74) is 5.40. The SMILES string of the molecule is Cc1ccc(-c2cc(C(F)(F)F)nc3sc(C(N)=O)c(NC(=O)Cn4cc([N+](=O)[O-])c(C)n4)c23)cc1. The summed E-state index contributed by atoms with van der Waals surface area (Å²) in [6.45, 7) is 2.76. The van der Waals surface area contributed by atoms with Gasteiger partial charge >= 0.3 is 11.9 Å². The first-order valence-electron chi connectivity index (χ1n) is 10.2. The van der Waals surface area contributed by atoms with Crippen LogP contribution in [0.1, 0.15) is 26.6 Å². The van der Waals surface area contributed by atoms with Gasteiger partial charge in [0, 0.05) is 5.39 Å². The average Bonchev–Trinajstić information content (AvgIpc) is 3.33. The Kier molecular flexibility index (Phi) is 6.22. The molecule has 0 spiro atoms. The Hall–Kier alpha value is -4.33. The van der Waals surface area contributed by atoms with E-state index in [9.17, 15) is 32.9 Å². The first kappa shape index (κ1) is 24.8. The van der Waals surface area contributed by atoms with Crippen LogP contribution in [0.25, 0.3) is 21.3 Å². The van der Waals surface area contributed by atoms with Crippen molar-refractivity contribution >= 4 is 44.7 Å². The van der Waals surface area contributed by atoms with Crippen LogP contribution in [0.5, 0.6) is 0 Å². The highest BCUT2D eigenvalue weighted by Crippen LogP contribution is 2.43. The summed E-state index contributed by atoms with van der Waals surface area (Å²) in [4.78, 5) is 38.7. The minimum atomic E-state index is -4.76. The molecule has 0 aliphatic carbocycles. The van der Waals surface area contributed by atoms with Crippen LogP contribution in [0.4, 0.5) is 24.5 Å². The Morgan fingerprint density at radius 3 is 2.44 bits per heavy atom. The van der Waals surface area contributed by atoms with Gasteiger partial charge in [0.1, 0.15) is 33.8 Å². The summed E-state index contributed by atoms with van der Waals surface area (Å²) in [6.07, 6.45) is -3.69. The normalized spacial score (nSPS) is 11.6. The fourth-order valence-corrected chi connectivity index (χ4v) is 4.60. The molecular weight excluding hydrogens is 501 g/mol. The molecule has 0 fully saturated rings. The molecule has 14 heteroatoms. The lowest BCUT2D eigenvalue weighted by molar-refractivity contribution is -0.385. The molecule has 0 aliphatic heterocycles. The van der Waals surface area contributed by atoms with E-state index < -0.39 is 35.2 Å². The van der Waals surface area contributed by atoms with E-state index >= 15 is 0 Å². The molecule has 0 saturated carbocycles. The summed E-state index contributed by atoms with van der Waals surface area (Å²) in [6, 6.07) is 7.50. The van der Waals surface area contributed by atoms with Crippen LogP contribution >= 0.6 is 11.3 Å². The van der Waals surface area contributed by atoms with Crippen molar-refractivity contribution in [3.63, 3.8) is 0 Å². The van der Waals surface area contributed by atoms with Gasteiger partial charge in [0.25, 0.3) is 5.91 Å². The van der Waals surface area contributed by atoms with Gasteiger partial charge in [-0.1, -0.05) is 29.8 Å². The van der Waals surface area contributed by atoms with Crippen molar-refractivity contribution in [2.24, 2.45) is 5.73 Å². The zero-order chi connectivity index (χ0) is 26.4. The van der Waals surface area contributed by atoms with E-state index in [0.717, 1.165) is 22.5 Å².